The van der Waals surface area contributed by atoms with Crippen LogP contribution >= 0.6 is 46.4 Å². The van der Waals surface area contributed by atoms with Crippen LogP contribution in [-0.4, -0.2) is 57.8 Å². The average molecular weight is 619 g/mol. The molecule has 3 rings (SSSR count). The topological polar surface area (TPSA) is 171 Å². The van der Waals surface area contributed by atoms with Gasteiger partial charge in [-0.15, -0.1) is 0 Å². The third-order valence-electron chi connectivity index (χ3n) is 5.16. The highest BCUT2D eigenvalue weighted by Crippen LogP contribution is 2.44. The zero-order valence-corrected chi connectivity index (χ0v) is 23.3. The number of phenolic OH excluding ortho intramolecular Hbond substituents is 2. The van der Waals surface area contributed by atoms with Crippen molar-refractivity contribution in [1.82, 2.24) is 4.99 Å². The molecule has 0 fully saturated rings. The van der Waals surface area contributed by atoms with Gasteiger partial charge in [0.2, 0.25) is 11.8 Å². The van der Waals surface area contributed by atoms with Gasteiger partial charge in [-0.25, -0.2) is 0 Å². The number of phenols is 2. The van der Waals surface area contributed by atoms with Gasteiger partial charge in [0.05, 0.1) is 32.8 Å². The average Bonchev–Trinajstić information content (AvgIpc) is 3.28. The molecule has 1 aliphatic heterocycles. The van der Waals surface area contributed by atoms with Crippen LogP contribution in [0.2, 0.25) is 20.1 Å². The van der Waals surface area contributed by atoms with Crippen molar-refractivity contribution in [3.05, 3.63) is 44.6 Å². The molecule has 0 unspecified atom stereocenters. The van der Waals surface area contributed by atoms with Gasteiger partial charge in [0, 0.05) is 13.8 Å². The number of nitrogens with zero attached hydrogens (tertiary/aromatic N) is 2. The first-order chi connectivity index (χ1) is 18.2. The van der Waals surface area contributed by atoms with E-state index in [2.05, 4.69) is 26.3 Å². The molecule has 16 heteroatoms. The Morgan fingerprint density at radius 2 is 1.18 bits per heavy atom. The van der Waals surface area contributed by atoms with Crippen LogP contribution < -0.4 is 26.3 Å². The minimum absolute atomic E-state index is 0.0234. The Balaban J connectivity index is 1.76. The van der Waals surface area contributed by atoms with Crippen LogP contribution in [0.15, 0.2) is 24.5 Å². The molecule has 1 radical (unpaired) electrons. The third kappa shape index (κ3) is 7.11. The van der Waals surface area contributed by atoms with Crippen LogP contribution in [0.5, 0.6) is 11.5 Å². The first-order valence-corrected chi connectivity index (χ1v) is 12.4. The number of carbonyl (C=O) groups excluding carboxylic acids is 4. The van der Waals surface area contributed by atoms with Gasteiger partial charge in [-0.3, -0.25) is 19.2 Å². The van der Waals surface area contributed by atoms with E-state index >= 15 is 0 Å². The third-order valence-corrected chi connectivity index (χ3v) is 6.49. The molecular formula is C23H21Cl4N6O6+2. The number of rotatable bonds is 8. The van der Waals surface area contributed by atoms with Crippen molar-refractivity contribution in [2.45, 2.75) is 13.8 Å². The van der Waals surface area contributed by atoms with Gasteiger partial charge in [0.1, 0.15) is 15.0 Å². The van der Waals surface area contributed by atoms with E-state index in [1.165, 1.54) is 44.7 Å². The second-order valence-corrected chi connectivity index (χ2v) is 9.90. The predicted octanol–water partition coefficient (Wildman–Crippen LogP) is 3.87. The minimum atomic E-state index is -0.649. The van der Waals surface area contributed by atoms with E-state index in [1.54, 1.807) is 0 Å². The van der Waals surface area contributed by atoms with Crippen molar-refractivity contribution >= 4 is 99.1 Å². The zero-order valence-electron chi connectivity index (χ0n) is 20.2. The standard InChI is InChI=1S/C23H20Cl4N6O6/c1-10(34)29-20-12(24)5-14(22(38)18(20)26)31-16(36)7-33(4-3-28-9-33)8-17(37)32-15-6-13(25)21(30-11(2)35)19(27)23(15)39/h3-6,9H,7-8H2,1-2H3,(H5-,29,30,31,32,34,35,36,37,38,39)/q+1/p+1. The zero-order chi connectivity index (χ0) is 29.1. The fraction of sp³-hybridized carbons (Fsp3) is 0.174. The molecule has 0 saturated carbocycles. The van der Waals surface area contributed by atoms with Gasteiger partial charge >= 0.3 is 12.5 Å². The Bertz CT molecular complexity index is 1340. The number of anilines is 4. The lowest BCUT2D eigenvalue weighted by Gasteiger charge is -2.23. The van der Waals surface area contributed by atoms with Crippen molar-refractivity contribution in [2.24, 2.45) is 0 Å². The highest BCUT2D eigenvalue weighted by atomic mass is 35.5. The lowest BCUT2D eigenvalue weighted by Crippen LogP contribution is -2.50. The summed E-state index contributed by atoms with van der Waals surface area (Å²) in [5.41, 5.74) is -0.296. The molecule has 2 aromatic carbocycles. The highest BCUT2D eigenvalue weighted by Gasteiger charge is 2.39. The number of amides is 4. The Kier molecular flexibility index (Phi) is 9.30. The van der Waals surface area contributed by atoms with E-state index in [-0.39, 0.29) is 60.4 Å². The van der Waals surface area contributed by atoms with Crippen molar-refractivity contribution in [3.63, 3.8) is 0 Å². The Morgan fingerprint density at radius 3 is 1.51 bits per heavy atom. The van der Waals surface area contributed by atoms with Crippen LogP contribution in [0.1, 0.15) is 13.8 Å². The second-order valence-electron chi connectivity index (χ2n) is 8.33. The molecule has 0 atom stereocenters. The van der Waals surface area contributed by atoms with Crippen molar-refractivity contribution in [2.75, 3.05) is 34.4 Å². The Labute approximate surface area is 241 Å². The van der Waals surface area contributed by atoms with Crippen LogP contribution in [0.4, 0.5) is 22.7 Å². The summed E-state index contributed by atoms with van der Waals surface area (Å²) in [4.78, 5) is 52.5. The first-order valence-electron chi connectivity index (χ1n) is 10.9. The maximum Gasteiger partial charge on any atom is 0.404 e. The van der Waals surface area contributed by atoms with Gasteiger partial charge < -0.3 is 31.5 Å². The SMILES string of the molecule is CC(=O)Nc1c(Cl)cc(NC(=O)C[N+]2(CC(=O)Nc3cc(Cl)c(NC(C)=O)c(Cl)c3O)C=C[N+]=C2)c(O)c1Cl. The van der Waals surface area contributed by atoms with Gasteiger partial charge in [-0.2, -0.15) is 4.48 Å². The molecule has 12 nitrogen and oxygen atoms in total. The lowest BCUT2D eigenvalue weighted by molar-refractivity contribution is -0.760. The van der Waals surface area contributed by atoms with E-state index in [0.29, 0.717) is 0 Å². The number of benzene rings is 2. The number of hydrogen-bond acceptors (Lipinski definition) is 7. The number of hydrogen-bond donors (Lipinski definition) is 6. The summed E-state index contributed by atoms with van der Waals surface area (Å²) in [7, 11) is 0. The first kappa shape index (κ1) is 30.0. The molecule has 0 aliphatic carbocycles. The van der Waals surface area contributed by atoms with E-state index in [1.807, 2.05) is 0 Å². The molecule has 0 saturated heterocycles. The summed E-state index contributed by atoms with van der Waals surface area (Å²) in [6.45, 7) is 1.78. The minimum Gasteiger partial charge on any atom is -0.504 e. The number of quaternary nitrogens is 1. The predicted molar refractivity (Wildman–Crippen MR) is 149 cm³/mol. The van der Waals surface area contributed by atoms with E-state index in [0.717, 1.165) is 0 Å². The summed E-state index contributed by atoms with van der Waals surface area (Å²) >= 11 is 24.5. The maximum atomic E-state index is 12.9. The molecule has 0 bridgehead atoms. The largest absolute Gasteiger partial charge is 0.504 e. The molecule has 2 aromatic rings. The molecule has 1 heterocycles. The monoisotopic (exact) mass is 617 g/mol. The van der Waals surface area contributed by atoms with Gasteiger partial charge in [-0.05, 0) is 12.1 Å². The maximum absolute atomic E-state index is 12.9. The second kappa shape index (κ2) is 12.1. The summed E-state index contributed by atoms with van der Waals surface area (Å²) < 4.78 is -0.365. The lowest BCUT2D eigenvalue weighted by atomic mass is 10.2. The summed E-state index contributed by atoms with van der Waals surface area (Å²) in [5, 5.41) is 29.9. The fourth-order valence-corrected chi connectivity index (χ4v) is 4.63. The van der Waals surface area contributed by atoms with Crippen molar-refractivity contribution < 1.29 is 33.9 Å². The molecule has 1 aliphatic rings. The summed E-state index contributed by atoms with van der Waals surface area (Å²) in [6.07, 6.45) is 4.22. The molecule has 0 aromatic heterocycles. The molecule has 39 heavy (non-hydrogen) atoms. The Hall–Kier alpha value is -3.55. The number of halogens is 4. The van der Waals surface area contributed by atoms with Gasteiger partial charge in [-0.1, -0.05) is 46.4 Å². The van der Waals surface area contributed by atoms with E-state index in [4.69, 9.17) is 46.4 Å². The van der Waals surface area contributed by atoms with Crippen LogP contribution in [0.3, 0.4) is 0 Å². The number of aromatic hydroxyl groups is 2. The smallest absolute Gasteiger partial charge is 0.404 e. The van der Waals surface area contributed by atoms with Crippen LogP contribution in [0, 0.1) is 0 Å². The molecule has 0 spiro atoms. The van der Waals surface area contributed by atoms with Crippen LogP contribution in [-0.2, 0) is 19.2 Å². The highest BCUT2D eigenvalue weighted by molar-refractivity contribution is 6.42. The number of aliphatic imine (C=N–C) groups is 1. The van der Waals surface area contributed by atoms with E-state index < -0.39 is 35.1 Å². The van der Waals surface area contributed by atoms with Gasteiger partial charge in [0.15, 0.2) is 30.8 Å². The quantitative estimate of drug-likeness (QED) is 0.194. The fourth-order valence-electron chi connectivity index (χ4n) is 3.53. The number of nitrogens with one attached hydrogen (secondary N) is 4. The van der Waals surface area contributed by atoms with Gasteiger partial charge in [0.25, 0.3) is 11.8 Å². The number of carbonyl (C=O) groups is 4. The van der Waals surface area contributed by atoms with Crippen LogP contribution in [0.25, 0.3) is 0 Å². The summed E-state index contributed by atoms with van der Waals surface area (Å²) in [6, 6.07) is 2.41. The summed E-state index contributed by atoms with van der Waals surface area (Å²) in [5.74, 6) is -3.30. The Morgan fingerprint density at radius 1 is 0.769 bits per heavy atom. The molecule has 205 valence electrons. The molecular weight excluding hydrogens is 598 g/mol. The molecule has 6 N–H and O–H groups in total. The normalized spacial score (nSPS) is 13.2. The van der Waals surface area contributed by atoms with Crippen molar-refractivity contribution in [1.29, 1.82) is 0 Å². The van der Waals surface area contributed by atoms with E-state index in [9.17, 15) is 29.4 Å². The molecule has 4 amide bonds. The van der Waals surface area contributed by atoms with Crippen molar-refractivity contribution in [3.8, 4) is 11.5 Å².